The summed E-state index contributed by atoms with van der Waals surface area (Å²) in [6.07, 6.45) is 10.2. The van der Waals surface area contributed by atoms with Crippen LogP contribution in [0.4, 0.5) is 0 Å². The molecule has 0 spiro atoms. The summed E-state index contributed by atoms with van der Waals surface area (Å²) in [6, 6.07) is 5.60. The summed E-state index contributed by atoms with van der Waals surface area (Å²) in [7, 11) is 1.63. The van der Waals surface area contributed by atoms with Gasteiger partial charge in [0.2, 0.25) is 5.88 Å². The van der Waals surface area contributed by atoms with Crippen LogP contribution >= 0.6 is 0 Å². The second-order valence-electron chi connectivity index (χ2n) is 8.07. The second kappa shape index (κ2) is 6.47. The van der Waals surface area contributed by atoms with Crippen molar-refractivity contribution in [2.75, 3.05) is 7.11 Å². The van der Waals surface area contributed by atoms with Crippen LogP contribution in [0.3, 0.4) is 0 Å². The number of rotatable bonds is 8. The van der Waals surface area contributed by atoms with Gasteiger partial charge in [0.15, 0.2) is 0 Å². The molecule has 2 atom stereocenters. The van der Waals surface area contributed by atoms with E-state index in [0.717, 1.165) is 41.6 Å². The minimum Gasteiger partial charge on any atom is -0.497 e. The number of fused-ring (bicyclic) bond motifs is 1. The molecule has 1 aromatic carbocycles. The summed E-state index contributed by atoms with van der Waals surface area (Å²) >= 11 is 0. The van der Waals surface area contributed by atoms with E-state index in [2.05, 4.69) is 16.9 Å². The fraction of sp³-hybridized carbons (Fsp3) is 0.619. The number of hydrogen-bond donors (Lipinski definition) is 1. The minimum atomic E-state index is 0.0684. The zero-order valence-corrected chi connectivity index (χ0v) is 15.3. The summed E-state index contributed by atoms with van der Waals surface area (Å²) in [5, 5.41) is 10.2. The maximum Gasteiger partial charge on any atom is 0.233 e. The van der Waals surface area contributed by atoms with E-state index < -0.39 is 0 Å². The maximum atomic E-state index is 10.2. The molecule has 1 heterocycles. The number of aromatic hydroxyl groups is 1. The first-order valence-electron chi connectivity index (χ1n) is 9.66. The molecule has 1 unspecified atom stereocenters. The van der Waals surface area contributed by atoms with Gasteiger partial charge in [-0.3, -0.25) is 0 Å². The fourth-order valence-corrected chi connectivity index (χ4v) is 4.34. The average molecular weight is 340 g/mol. The molecule has 2 aromatic rings. The first-order chi connectivity index (χ1) is 12.1. The Morgan fingerprint density at radius 1 is 1.20 bits per heavy atom. The minimum absolute atomic E-state index is 0.0684. The van der Waals surface area contributed by atoms with Crippen molar-refractivity contribution >= 4 is 11.0 Å². The summed E-state index contributed by atoms with van der Waals surface area (Å²) in [5.41, 5.74) is 2.84. The van der Waals surface area contributed by atoms with Crippen LogP contribution in [-0.4, -0.2) is 22.2 Å². The molecule has 0 amide bonds. The second-order valence-corrected chi connectivity index (χ2v) is 8.07. The Hall–Kier alpha value is -1.84. The molecule has 1 N–H and O–H groups in total. The van der Waals surface area contributed by atoms with Gasteiger partial charge in [0.1, 0.15) is 11.4 Å². The molecule has 4 nitrogen and oxygen atoms in total. The van der Waals surface area contributed by atoms with Crippen molar-refractivity contribution in [3.05, 3.63) is 23.9 Å². The van der Waals surface area contributed by atoms with E-state index in [-0.39, 0.29) is 5.88 Å². The molecule has 0 saturated heterocycles. The molecule has 0 aliphatic heterocycles. The predicted octanol–water partition coefficient (Wildman–Crippen LogP) is 4.88. The standard InChI is InChI=1S/C21H28N2O2/c1-3-14-11-15(14)13-21(9-10-21)8-4-5-18-20(24)23-19-12-16(25-2)6-7-17(19)22-18/h6-7,12,14-15H,3-5,8-11,13H2,1-2H3,(H,23,24)/t14?,15-/m0/s1. The Bertz CT molecular complexity index is 770. The van der Waals surface area contributed by atoms with Crippen molar-refractivity contribution in [3.63, 3.8) is 0 Å². The highest BCUT2D eigenvalue weighted by atomic mass is 16.5. The molecule has 134 valence electrons. The van der Waals surface area contributed by atoms with Crippen molar-refractivity contribution in [2.45, 2.75) is 58.3 Å². The zero-order chi connectivity index (χ0) is 17.4. The normalized spacial score (nSPS) is 23.6. The van der Waals surface area contributed by atoms with E-state index in [1.807, 2.05) is 18.2 Å². The van der Waals surface area contributed by atoms with Crippen molar-refractivity contribution in [3.8, 4) is 11.6 Å². The molecule has 2 saturated carbocycles. The first kappa shape index (κ1) is 16.6. The number of aromatic nitrogens is 2. The van der Waals surface area contributed by atoms with Crippen molar-refractivity contribution in [1.82, 2.24) is 9.97 Å². The van der Waals surface area contributed by atoms with Gasteiger partial charge in [-0.05, 0) is 74.3 Å². The monoisotopic (exact) mass is 340 g/mol. The van der Waals surface area contributed by atoms with E-state index >= 15 is 0 Å². The van der Waals surface area contributed by atoms with Crippen molar-refractivity contribution < 1.29 is 9.84 Å². The quantitative estimate of drug-likeness (QED) is 0.744. The van der Waals surface area contributed by atoms with Crippen LogP contribution in [0.2, 0.25) is 0 Å². The van der Waals surface area contributed by atoms with Gasteiger partial charge in [-0.25, -0.2) is 9.97 Å². The number of aryl methyl sites for hydroxylation is 1. The van der Waals surface area contributed by atoms with Crippen LogP contribution in [0, 0.1) is 17.3 Å². The van der Waals surface area contributed by atoms with E-state index in [9.17, 15) is 5.11 Å². The highest BCUT2D eigenvalue weighted by molar-refractivity contribution is 5.76. The van der Waals surface area contributed by atoms with Crippen LogP contribution in [0.5, 0.6) is 11.6 Å². The summed E-state index contributed by atoms with van der Waals surface area (Å²) in [4.78, 5) is 8.93. The van der Waals surface area contributed by atoms with Crippen LogP contribution in [-0.2, 0) is 6.42 Å². The van der Waals surface area contributed by atoms with E-state index in [4.69, 9.17) is 4.74 Å². The molecule has 0 bridgehead atoms. The van der Waals surface area contributed by atoms with E-state index in [1.165, 1.54) is 38.5 Å². The van der Waals surface area contributed by atoms with Gasteiger partial charge in [-0.15, -0.1) is 0 Å². The first-order valence-corrected chi connectivity index (χ1v) is 9.66. The Balaban J connectivity index is 1.37. The summed E-state index contributed by atoms with van der Waals surface area (Å²) < 4.78 is 5.20. The van der Waals surface area contributed by atoms with Crippen LogP contribution in [0.25, 0.3) is 11.0 Å². The molecule has 1 aromatic heterocycles. The molecular formula is C21H28N2O2. The lowest BCUT2D eigenvalue weighted by Crippen LogP contribution is -2.04. The number of benzene rings is 1. The number of nitrogens with zero attached hydrogens (tertiary/aromatic N) is 2. The van der Waals surface area contributed by atoms with Crippen LogP contribution < -0.4 is 4.74 Å². The number of hydrogen-bond acceptors (Lipinski definition) is 4. The van der Waals surface area contributed by atoms with Crippen LogP contribution in [0.1, 0.15) is 57.6 Å². The molecule has 2 aliphatic rings. The molecule has 0 radical (unpaired) electrons. The Morgan fingerprint density at radius 3 is 2.72 bits per heavy atom. The van der Waals surface area contributed by atoms with Crippen LogP contribution in [0.15, 0.2) is 18.2 Å². The third-order valence-electron chi connectivity index (χ3n) is 6.29. The number of ether oxygens (including phenoxy) is 1. The molecule has 4 rings (SSSR count). The third-order valence-corrected chi connectivity index (χ3v) is 6.29. The Labute approximate surface area is 149 Å². The van der Waals surface area contributed by atoms with Gasteiger partial charge in [0.05, 0.1) is 18.1 Å². The Kier molecular flexibility index (Phi) is 4.30. The van der Waals surface area contributed by atoms with Gasteiger partial charge in [0.25, 0.3) is 0 Å². The topological polar surface area (TPSA) is 55.2 Å². The van der Waals surface area contributed by atoms with Gasteiger partial charge < -0.3 is 9.84 Å². The average Bonchev–Trinajstić information content (AvgIpc) is 3.53. The number of methoxy groups -OCH3 is 1. The highest BCUT2D eigenvalue weighted by Crippen LogP contribution is 2.60. The van der Waals surface area contributed by atoms with Gasteiger partial charge in [0, 0.05) is 6.07 Å². The van der Waals surface area contributed by atoms with Crippen molar-refractivity contribution in [1.29, 1.82) is 0 Å². The van der Waals surface area contributed by atoms with Gasteiger partial charge in [-0.2, -0.15) is 0 Å². The SMILES string of the molecule is CCC1C[C@H]1CC1(CCCc2nc3ccc(OC)cc3nc2O)CC1. The molecule has 2 fully saturated rings. The third kappa shape index (κ3) is 3.58. The molecule has 2 aliphatic carbocycles. The smallest absolute Gasteiger partial charge is 0.233 e. The lowest BCUT2D eigenvalue weighted by molar-refractivity contribution is 0.376. The maximum absolute atomic E-state index is 10.2. The largest absolute Gasteiger partial charge is 0.497 e. The fourth-order valence-electron chi connectivity index (χ4n) is 4.34. The zero-order valence-electron chi connectivity index (χ0n) is 15.3. The molecule has 25 heavy (non-hydrogen) atoms. The van der Waals surface area contributed by atoms with E-state index in [0.29, 0.717) is 10.9 Å². The van der Waals surface area contributed by atoms with Gasteiger partial charge >= 0.3 is 0 Å². The molecule has 4 heteroatoms. The predicted molar refractivity (Wildman–Crippen MR) is 98.9 cm³/mol. The van der Waals surface area contributed by atoms with Gasteiger partial charge in [-0.1, -0.05) is 13.3 Å². The lowest BCUT2D eigenvalue weighted by atomic mass is 9.91. The lowest BCUT2D eigenvalue weighted by Gasteiger charge is -2.15. The summed E-state index contributed by atoms with van der Waals surface area (Å²) in [6.45, 7) is 2.32. The highest BCUT2D eigenvalue weighted by Gasteiger charge is 2.48. The summed E-state index contributed by atoms with van der Waals surface area (Å²) in [5.74, 6) is 2.80. The van der Waals surface area contributed by atoms with Crippen molar-refractivity contribution in [2.24, 2.45) is 17.3 Å². The van der Waals surface area contributed by atoms with E-state index in [1.54, 1.807) is 7.11 Å². The Morgan fingerprint density at radius 2 is 2.04 bits per heavy atom. The molecular weight excluding hydrogens is 312 g/mol.